The lowest BCUT2D eigenvalue weighted by atomic mass is 10.2. The highest BCUT2D eigenvalue weighted by Gasteiger charge is 2.27. The fourth-order valence-corrected chi connectivity index (χ4v) is 1.79. The Bertz CT molecular complexity index is 499. The molecule has 1 fully saturated rings. The van der Waals surface area contributed by atoms with E-state index in [1.807, 2.05) is 0 Å². The van der Waals surface area contributed by atoms with Crippen LogP contribution >= 0.6 is 12.2 Å². The third-order valence-electron chi connectivity index (χ3n) is 2.66. The van der Waals surface area contributed by atoms with Crippen LogP contribution in [0.3, 0.4) is 0 Å². The number of carbonyl (C=O) groups is 2. The standard InChI is InChI=1S/C12H13N3O3S/c13-11(19)8-1-3-9(4-2-8)18-6-5-15-10(16)7-14-12(15)17/h1-4H,5-7H2,(H2,13,19)(H,14,17). The Morgan fingerprint density at radius 2 is 2.05 bits per heavy atom. The number of benzene rings is 1. The molecule has 0 bridgehead atoms. The average Bonchev–Trinajstić information content (AvgIpc) is 2.71. The number of nitrogens with zero attached hydrogens (tertiary/aromatic N) is 1. The van der Waals surface area contributed by atoms with Gasteiger partial charge in [-0.2, -0.15) is 0 Å². The Morgan fingerprint density at radius 3 is 2.58 bits per heavy atom. The summed E-state index contributed by atoms with van der Waals surface area (Å²) in [7, 11) is 0. The van der Waals surface area contributed by atoms with Crippen molar-refractivity contribution in [3.05, 3.63) is 29.8 Å². The number of nitrogens with one attached hydrogen (secondary N) is 1. The number of ether oxygens (including phenoxy) is 1. The highest BCUT2D eigenvalue weighted by molar-refractivity contribution is 7.80. The van der Waals surface area contributed by atoms with Gasteiger partial charge in [-0.1, -0.05) is 12.2 Å². The first-order valence-corrected chi connectivity index (χ1v) is 6.09. The molecule has 2 rings (SSSR count). The lowest BCUT2D eigenvalue weighted by molar-refractivity contribution is -0.125. The average molecular weight is 279 g/mol. The molecule has 0 atom stereocenters. The normalized spacial score (nSPS) is 14.4. The first-order chi connectivity index (χ1) is 9.08. The quantitative estimate of drug-likeness (QED) is 0.596. The van der Waals surface area contributed by atoms with E-state index in [2.05, 4.69) is 5.32 Å². The van der Waals surface area contributed by atoms with E-state index in [1.165, 1.54) is 0 Å². The molecule has 3 N–H and O–H groups in total. The molecular weight excluding hydrogens is 266 g/mol. The summed E-state index contributed by atoms with van der Waals surface area (Å²) >= 11 is 4.84. The number of hydrogen-bond acceptors (Lipinski definition) is 4. The monoisotopic (exact) mass is 279 g/mol. The number of urea groups is 1. The van der Waals surface area contributed by atoms with Crippen LogP contribution in [-0.2, 0) is 4.79 Å². The van der Waals surface area contributed by atoms with E-state index < -0.39 is 0 Å². The van der Waals surface area contributed by atoms with E-state index in [0.29, 0.717) is 10.7 Å². The van der Waals surface area contributed by atoms with Gasteiger partial charge in [0, 0.05) is 5.56 Å². The fraction of sp³-hybridized carbons (Fsp3) is 0.250. The maximum Gasteiger partial charge on any atom is 0.324 e. The van der Waals surface area contributed by atoms with Gasteiger partial charge in [0.15, 0.2) is 0 Å². The molecule has 1 aromatic rings. The molecule has 0 aliphatic carbocycles. The van der Waals surface area contributed by atoms with Crippen LogP contribution in [0.15, 0.2) is 24.3 Å². The van der Waals surface area contributed by atoms with Crippen molar-refractivity contribution >= 4 is 29.1 Å². The van der Waals surface area contributed by atoms with E-state index in [0.717, 1.165) is 10.5 Å². The summed E-state index contributed by atoms with van der Waals surface area (Å²) in [5, 5.41) is 2.44. The van der Waals surface area contributed by atoms with Crippen molar-refractivity contribution in [2.75, 3.05) is 19.7 Å². The molecule has 100 valence electrons. The van der Waals surface area contributed by atoms with Crippen LogP contribution in [-0.4, -0.2) is 41.5 Å². The molecule has 7 heteroatoms. The van der Waals surface area contributed by atoms with Gasteiger partial charge in [0.1, 0.15) is 17.3 Å². The molecule has 0 unspecified atom stereocenters. The summed E-state index contributed by atoms with van der Waals surface area (Å²) in [6, 6.07) is 6.61. The van der Waals surface area contributed by atoms with Gasteiger partial charge in [0.05, 0.1) is 13.1 Å². The highest BCUT2D eigenvalue weighted by atomic mass is 32.1. The van der Waals surface area contributed by atoms with Crippen molar-refractivity contribution in [2.24, 2.45) is 5.73 Å². The summed E-state index contributed by atoms with van der Waals surface area (Å²) < 4.78 is 5.44. The topological polar surface area (TPSA) is 84.7 Å². The van der Waals surface area contributed by atoms with Crippen molar-refractivity contribution in [2.45, 2.75) is 0 Å². The number of thiocarbonyl (C=S) groups is 1. The maximum absolute atomic E-state index is 11.3. The zero-order valence-corrected chi connectivity index (χ0v) is 10.9. The van der Waals surface area contributed by atoms with Crippen LogP contribution in [0.2, 0.25) is 0 Å². The van der Waals surface area contributed by atoms with Gasteiger partial charge in [-0.25, -0.2) is 4.79 Å². The molecule has 1 heterocycles. The summed E-state index contributed by atoms with van der Waals surface area (Å²) in [5.74, 6) is 0.393. The van der Waals surface area contributed by atoms with E-state index in [-0.39, 0.29) is 31.6 Å². The predicted molar refractivity (Wildman–Crippen MR) is 72.9 cm³/mol. The molecule has 0 radical (unpaired) electrons. The molecule has 1 aliphatic rings. The van der Waals surface area contributed by atoms with Crippen molar-refractivity contribution in [1.82, 2.24) is 10.2 Å². The molecule has 1 aromatic carbocycles. The first kappa shape index (κ1) is 13.3. The number of carbonyl (C=O) groups excluding carboxylic acids is 2. The van der Waals surface area contributed by atoms with Gasteiger partial charge in [0.2, 0.25) is 5.91 Å². The van der Waals surface area contributed by atoms with Crippen LogP contribution in [0.25, 0.3) is 0 Å². The first-order valence-electron chi connectivity index (χ1n) is 5.69. The van der Waals surface area contributed by atoms with Crippen LogP contribution in [0.1, 0.15) is 5.56 Å². The van der Waals surface area contributed by atoms with Gasteiger partial charge in [-0.15, -0.1) is 0 Å². The Hall–Kier alpha value is -2.15. The Labute approximate surface area is 115 Å². The number of rotatable bonds is 5. The minimum absolute atomic E-state index is 0.0570. The van der Waals surface area contributed by atoms with Gasteiger partial charge in [0.25, 0.3) is 0 Å². The minimum atomic E-state index is -0.377. The van der Waals surface area contributed by atoms with Gasteiger partial charge in [-0.3, -0.25) is 9.69 Å². The molecule has 6 nitrogen and oxygen atoms in total. The third kappa shape index (κ3) is 3.19. The molecule has 1 saturated heterocycles. The summed E-state index contributed by atoms with van der Waals surface area (Å²) in [6.07, 6.45) is 0. The van der Waals surface area contributed by atoms with E-state index in [1.54, 1.807) is 24.3 Å². The van der Waals surface area contributed by atoms with Crippen molar-refractivity contribution in [3.8, 4) is 5.75 Å². The molecule has 3 amide bonds. The Balaban J connectivity index is 1.84. The molecule has 19 heavy (non-hydrogen) atoms. The second-order valence-electron chi connectivity index (χ2n) is 3.94. The molecule has 0 saturated carbocycles. The highest BCUT2D eigenvalue weighted by Crippen LogP contribution is 2.12. The van der Waals surface area contributed by atoms with Crippen molar-refractivity contribution in [3.63, 3.8) is 0 Å². The van der Waals surface area contributed by atoms with Crippen LogP contribution in [0.5, 0.6) is 5.75 Å². The summed E-state index contributed by atoms with van der Waals surface area (Å²) in [5.41, 5.74) is 6.24. The van der Waals surface area contributed by atoms with Crippen molar-refractivity contribution in [1.29, 1.82) is 0 Å². The predicted octanol–water partition coefficient (Wildman–Crippen LogP) is 0.251. The van der Waals surface area contributed by atoms with Crippen LogP contribution in [0, 0.1) is 0 Å². The lowest BCUT2D eigenvalue weighted by Crippen LogP contribution is -2.34. The SMILES string of the molecule is NC(=S)c1ccc(OCCN2C(=O)CNC2=O)cc1. The largest absolute Gasteiger partial charge is 0.492 e. The van der Waals surface area contributed by atoms with E-state index >= 15 is 0 Å². The zero-order valence-electron chi connectivity index (χ0n) is 10.1. The summed E-state index contributed by atoms with van der Waals surface area (Å²) in [6.45, 7) is 0.523. The van der Waals surface area contributed by atoms with Gasteiger partial charge < -0.3 is 15.8 Å². The molecule has 0 spiro atoms. The zero-order chi connectivity index (χ0) is 13.8. The molecule has 0 aromatic heterocycles. The second kappa shape index (κ2) is 5.66. The third-order valence-corrected chi connectivity index (χ3v) is 2.90. The fourth-order valence-electron chi connectivity index (χ4n) is 1.65. The lowest BCUT2D eigenvalue weighted by Gasteiger charge is -2.13. The Kier molecular flexibility index (Phi) is 3.96. The second-order valence-corrected chi connectivity index (χ2v) is 4.38. The van der Waals surface area contributed by atoms with E-state index in [9.17, 15) is 9.59 Å². The number of nitrogens with two attached hydrogens (primary N) is 1. The van der Waals surface area contributed by atoms with Crippen molar-refractivity contribution < 1.29 is 14.3 Å². The summed E-state index contributed by atoms with van der Waals surface area (Å²) in [4.78, 5) is 24.0. The van der Waals surface area contributed by atoms with E-state index in [4.69, 9.17) is 22.7 Å². The molecular formula is C12H13N3O3S. The van der Waals surface area contributed by atoms with Gasteiger partial charge in [-0.05, 0) is 24.3 Å². The smallest absolute Gasteiger partial charge is 0.324 e. The number of imide groups is 1. The minimum Gasteiger partial charge on any atom is -0.492 e. The number of hydrogen-bond donors (Lipinski definition) is 2. The number of amides is 3. The van der Waals surface area contributed by atoms with Crippen LogP contribution in [0.4, 0.5) is 4.79 Å². The van der Waals surface area contributed by atoms with Crippen LogP contribution < -0.4 is 15.8 Å². The maximum atomic E-state index is 11.3. The van der Waals surface area contributed by atoms with Gasteiger partial charge >= 0.3 is 6.03 Å². The molecule has 1 aliphatic heterocycles. The Morgan fingerprint density at radius 1 is 1.37 bits per heavy atom.